The Kier molecular flexibility index (Phi) is 4.31. The van der Waals surface area contributed by atoms with Crippen molar-refractivity contribution >= 4 is 16.6 Å². The van der Waals surface area contributed by atoms with Crippen LogP contribution in [-0.2, 0) is 0 Å². The average Bonchev–Trinajstić information content (AvgIpc) is 2.55. The first-order valence-corrected chi connectivity index (χ1v) is 7.65. The first-order valence-electron chi connectivity index (χ1n) is 7.65. The van der Waals surface area contributed by atoms with Crippen LogP contribution in [0.3, 0.4) is 0 Å². The van der Waals surface area contributed by atoms with Gasteiger partial charge in [0.1, 0.15) is 0 Å². The molecule has 1 fully saturated rings. The average molecular weight is 285 g/mol. The number of aromatic nitrogens is 2. The number of rotatable bonds is 4. The maximum atomic E-state index is 5.71. The van der Waals surface area contributed by atoms with E-state index < -0.39 is 0 Å². The van der Waals surface area contributed by atoms with Crippen LogP contribution < -0.4 is 10.6 Å². The zero-order valence-electron chi connectivity index (χ0n) is 12.6. The lowest BCUT2D eigenvalue weighted by Gasteiger charge is -2.36. The van der Waals surface area contributed by atoms with Gasteiger partial charge in [0, 0.05) is 43.5 Å². The Bertz CT molecular complexity index is 587. The van der Waals surface area contributed by atoms with E-state index in [0.29, 0.717) is 5.92 Å². The van der Waals surface area contributed by atoms with Gasteiger partial charge in [-0.15, -0.1) is 5.10 Å². The van der Waals surface area contributed by atoms with Gasteiger partial charge in [-0.1, -0.05) is 31.2 Å². The van der Waals surface area contributed by atoms with Crippen molar-refractivity contribution < 1.29 is 0 Å². The summed E-state index contributed by atoms with van der Waals surface area (Å²) < 4.78 is 0. The van der Waals surface area contributed by atoms with Crippen LogP contribution in [0, 0.1) is 5.92 Å². The van der Waals surface area contributed by atoms with E-state index in [4.69, 9.17) is 5.73 Å². The van der Waals surface area contributed by atoms with E-state index in [-0.39, 0.29) is 0 Å². The van der Waals surface area contributed by atoms with Crippen LogP contribution in [0.15, 0.2) is 30.5 Å². The van der Waals surface area contributed by atoms with Crippen molar-refractivity contribution in [1.29, 1.82) is 0 Å². The van der Waals surface area contributed by atoms with Crippen molar-refractivity contribution in [3.8, 4) is 0 Å². The maximum Gasteiger partial charge on any atom is 0.159 e. The molecule has 5 nitrogen and oxygen atoms in total. The van der Waals surface area contributed by atoms with Crippen molar-refractivity contribution in [2.24, 2.45) is 11.7 Å². The monoisotopic (exact) mass is 285 g/mol. The predicted octanol–water partition coefficient (Wildman–Crippen LogP) is 1.35. The molecule has 0 bridgehead atoms. The van der Waals surface area contributed by atoms with Gasteiger partial charge in [0.25, 0.3) is 0 Å². The Labute approximate surface area is 125 Å². The number of nitrogens with two attached hydrogens (primary N) is 1. The third-order valence-corrected chi connectivity index (χ3v) is 4.20. The fourth-order valence-electron chi connectivity index (χ4n) is 2.90. The fraction of sp³-hybridized carbons (Fsp3) is 0.500. The number of fused-ring (bicyclic) bond motifs is 1. The van der Waals surface area contributed by atoms with Crippen molar-refractivity contribution in [3.05, 3.63) is 30.5 Å². The molecule has 5 heteroatoms. The van der Waals surface area contributed by atoms with Gasteiger partial charge in [0.05, 0.1) is 6.20 Å². The summed E-state index contributed by atoms with van der Waals surface area (Å²) in [7, 11) is 0. The second-order valence-corrected chi connectivity index (χ2v) is 5.88. The molecule has 1 atom stereocenters. The molecule has 21 heavy (non-hydrogen) atoms. The molecule has 0 radical (unpaired) electrons. The molecule has 1 aromatic carbocycles. The molecule has 2 N–H and O–H groups in total. The molecule has 0 spiro atoms. The summed E-state index contributed by atoms with van der Waals surface area (Å²) in [5.74, 6) is 1.58. The first-order chi connectivity index (χ1) is 10.3. The molecule has 0 amide bonds. The highest BCUT2D eigenvalue weighted by Gasteiger charge is 2.20. The van der Waals surface area contributed by atoms with Crippen molar-refractivity contribution in [3.63, 3.8) is 0 Å². The third-order valence-electron chi connectivity index (χ3n) is 4.20. The Morgan fingerprint density at radius 1 is 1.19 bits per heavy atom. The van der Waals surface area contributed by atoms with Crippen LogP contribution in [0.2, 0.25) is 0 Å². The van der Waals surface area contributed by atoms with Crippen LogP contribution in [-0.4, -0.2) is 54.4 Å². The second kappa shape index (κ2) is 6.37. The lowest BCUT2D eigenvalue weighted by molar-refractivity contribution is 0.227. The van der Waals surface area contributed by atoms with E-state index in [0.717, 1.165) is 50.5 Å². The van der Waals surface area contributed by atoms with Crippen LogP contribution in [0.5, 0.6) is 0 Å². The minimum atomic E-state index is 0.564. The number of nitrogens with zero attached hydrogens (tertiary/aromatic N) is 4. The van der Waals surface area contributed by atoms with Gasteiger partial charge in [-0.3, -0.25) is 4.90 Å². The lowest BCUT2D eigenvalue weighted by atomic mass is 10.1. The Morgan fingerprint density at radius 2 is 1.95 bits per heavy atom. The van der Waals surface area contributed by atoms with E-state index in [1.165, 1.54) is 5.39 Å². The summed E-state index contributed by atoms with van der Waals surface area (Å²) in [6.45, 7) is 8.19. The number of hydrogen-bond donors (Lipinski definition) is 1. The van der Waals surface area contributed by atoms with Crippen molar-refractivity contribution in [1.82, 2.24) is 15.1 Å². The van der Waals surface area contributed by atoms with Gasteiger partial charge < -0.3 is 10.6 Å². The van der Waals surface area contributed by atoms with E-state index in [2.05, 4.69) is 45.1 Å². The largest absolute Gasteiger partial charge is 0.352 e. The minimum absolute atomic E-state index is 0.564. The Morgan fingerprint density at radius 3 is 2.71 bits per heavy atom. The van der Waals surface area contributed by atoms with Gasteiger partial charge >= 0.3 is 0 Å². The number of piperazine rings is 1. The van der Waals surface area contributed by atoms with Crippen LogP contribution in [0.25, 0.3) is 10.8 Å². The molecule has 0 saturated carbocycles. The first kappa shape index (κ1) is 14.2. The summed E-state index contributed by atoms with van der Waals surface area (Å²) in [5, 5.41) is 10.9. The van der Waals surface area contributed by atoms with E-state index in [1.54, 1.807) is 0 Å². The summed E-state index contributed by atoms with van der Waals surface area (Å²) >= 11 is 0. The number of hydrogen-bond acceptors (Lipinski definition) is 5. The Hall–Kier alpha value is -1.72. The molecule has 1 aliphatic rings. The van der Waals surface area contributed by atoms with Gasteiger partial charge in [-0.05, 0) is 12.5 Å². The highest BCUT2D eigenvalue weighted by Crippen LogP contribution is 2.24. The molecule has 0 aliphatic carbocycles. The normalized spacial score (nSPS) is 18.1. The third kappa shape index (κ3) is 3.14. The minimum Gasteiger partial charge on any atom is -0.352 e. The molecule has 112 valence electrons. The predicted molar refractivity (Wildman–Crippen MR) is 86.4 cm³/mol. The molecule has 1 aromatic heterocycles. The van der Waals surface area contributed by atoms with E-state index >= 15 is 0 Å². The van der Waals surface area contributed by atoms with Crippen LogP contribution in [0.1, 0.15) is 6.92 Å². The lowest BCUT2D eigenvalue weighted by Crippen LogP contribution is -2.48. The summed E-state index contributed by atoms with van der Waals surface area (Å²) in [6, 6.07) is 8.32. The highest BCUT2D eigenvalue weighted by atomic mass is 15.3. The van der Waals surface area contributed by atoms with Gasteiger partial charge in [-0.2, -0.15) is 5.10 Å². The van der Waals surface area contributed by atoms with Crippen molar-refractivity contribution in [2.45, 2.75) is 6.92 Å². The standard InChI is InChI=1S/C16H23N5/c1-13(10-17)12-20-6-8-21(9-7-20)16-15-5-3-2-4-14(15)11-18-19-16/h2-5,11,13H,6-10,12,17H2,1H3. The Balaban J connectivity index is 1.71. The van der Waals surface area contributed by atoms with Gasteiger partial charge in [0.15, 0.2) is 5.82 Å². The van der Waals surface area contributed by atoms with E-state index in [9.17, 15) is 0 Å². The maximum absolute atomic E-state index is 5.71. The molecule has 1 unspecified atom stereocenters. The van der Waals surface area contributed by atoms with Gasteiger partial charge in [0.2, 0.25) is 0 Å². The highest BCUT2D eigenvalue weighted by molar-refractivity contribution is 5.91. The molecular formula is C16H23N5. The fourth-order valence-corrected chi connectivity index (χ4v) is 2.90. The second-order valence-electron chi connectivity index (χ2n) is 5.88. The zero-order valence-corrected chi connectivity index (χ0v) is 12.6. The summed E-state index contributed by atoms with van der Waals surface area (Å²) in [5.41, 5.74) is 5.71. The zero-order chi connectivity index (χ0) is 14.7. The topological polar surface area (TPSA) is 58.3 Å². The van der Waals surface area contributed by atoms with Crippen LogP contribution in [0.4, 0.5) is 5.82 Å². The SMILES string of the molecule is CC(CN)CN1CCN(c2nncc3ccccc23)CC1. The molecule has 1 saturated heterocycles. The number of anilines is 1. The summed E-state index contributed by atoms with van der Waals surface area (Å²) in [6.07, 6.45) is 1.83. The molecular weight excluding hydrogens is 262 g/mol. The van der Waals surface area contributed by atoms with Gasteiger partial charge in [-0.25, -0.2) is 0 Å². The van der Waals surface area contributed by atoms with Crippen LogP contribution >= 0.6 is 0 Å². The molecule has 2 aromatic rings. The molecule has 1 aliphatic heterocycles. The molecule has 2 heterocycles. The quantitative estimate of drug-likeness (QED) is 0.919. The summed E-state index contributed by atoms with van der Waals surface area (Å²) in [4.78, 5) is 4.84. The number of benzene rings is 1. The smallest absolute Gasteiger partial charge is 0.159 e. The van der Waals surface area contributed by atoms with Crippen molar-refractivity contribution in [2.75, 3.05) is 44.2 Å². The van der Waals surface area contributed by atoms with E-state index in [1.807, 2.05) is 12.3 Å². The molecule has 3 rings (SSSR count).